The van der Waals surface area contributed by atoms with E-state index < -0.39 is 17.2 Å². The molecule has 4 rings (SSSR count). The van der Waals surface area contributed by atoms with Gasteiger partial charge in [-0.1, -0.05) is 32.9 Å². The van der Waals surface area contributed by atoms with Crippen molar-refractivity contribution in [2.75, 3.05) is 17.2 Å². The predicted octanol–water partition coefficient (Wildman–Crippen LogP) is 3.18. The monoisotopic (exact) mass is 480 g/mol. The standard InChI is InChI=1S/C24H28N6O5/c1-12(2)10-29(19-20(25)30(11-13(3)4)24(33)27-21(19)31)23(32)15-9-16(17-7-6-8-34-17)26-22-18(15)14(5)28-35-22/h6-9,12-13H,10-11,25H2,1-5H3,(H,27,31,33). The van der Waals surface area contributed by atoms with Crippen molar-refractivity contribution < 1.29 is 13.7 Å². The minimum atomic E-state index is -0.736. The zero-order valence-electron chi connectivity index (χ0n) is 20.3. The van der Waals surface area contributed by atoms with Crippen LogP contribution in [0.1, 0.15) is 43.7 Å². The fourth-order valence-corrected chi connectivity index (χ4v) is 3.98. The van der Waals surface area contributed by atoms with Crippen LogP contribution in [0, 0.1) is 18.8 Å². The molecule has 4 aromatic rings. The van der Waals surface area contributed by atoms with Crippen molar-refractivity contribution in [2.45, 2.75) is 41.2 Å². The molecule has 35 heavy (non-hydrogen) atoms. The van der Waals surface area contributed by atoms with Crippen molar-refractivity contribution in [3.05, 3.63) is 56.6 Å². The molecule has 0 saturated carbocycles. The van der Waals surface area contributed by atoms with Gasteiger partial charge in [0.1, 0.15) is 11.5 Å². The largest absolute Gasteiger partial charge is 0.463 e. The minimum Gasteiger partial charge on any atom is -0.463 e. The number of nitrogens with two attached hydrogens (primary N) is 1. The lowest BCUT2D eigenvalue weighted by Gasteiger charge is -2.26. The number of carbonyl (C=O) groups excluding carboxylic acids is 1. The highest BCUT2D eigenvalue weighted by Crippen LogP contribution is 2.30. The molecule has 1 amide bonds. The van der Waals surface area contributed by atoms with Gasteiger partial charge in [-0.2, -0.15) is 0 Å². The van der Waals surface area contributed by atoms with Crippen LogP contribution in [0.25, 0.3) is 22.6 Å². The molecule has 4 heterocycles. The van der Waals surface area contributed by atoms with Gasteiger partial charge in [-0.3, -0.25) is 19.1 Å². The van der Waals surface area contributed by atoms with E-state index in [0.717, 1.165) is 0 Å². The highest BCUT2D eigenvalue weighted by Gasteiger charge is 2.29. The lowest BCUT2D eigenvalue weighted by atomic mass is 10.1. The summed E-state index contributed by atoms with van der Waals surface area (Å²) in [6.07, 6.45) is 1.50. The minimum absolute atomic E-state index is 0.0197. The lowest BCUT2D eigenvalue weighted by molar-refractivity contribution is 0.0985. The van der Waals surface area contributed by atoms with Crippen molar-refractivity contribution in [2.24, 2.45) is 11.8 Å². The molecule has 0 fully saturated rings. The number of hydrogen-bond acceptors (Lipinski definition) is 8. The molecule has 0 aliphatic heterocycles. The average molecular weight is 481 g/mol. The second-order valence-corrected chi connectivity index (χ2v) is 9.29. The van der Waals surface area contributed by atoms with Crippen molar-refractivity contribution in [3.63, 3.8) is 0 Å². The van der Waals surface area contributed by atoms with Crippen LogP contribution in [0.3, 0.4) is 0 Å². The fourth-order valence-electron chi connectivity index (χ4n) is 3.98. The number of pyridine rings is 1. The number of amides is 1. The number of hydrogen-bond donors (Lipinski definition) is 2. The van der Waals surface area contributed by atoms with Gasteiger partial charge in [-0.05, 0) is 37.0 Å². The van der Waals surface area contributed by atoms with E-state index in [-0.39, 0.29) is 47.7 Å². The molecule has 11 heteroatoms. The molecule has 3 N–H and O–H groups in total. The molecule has 0 bridgehead atoms. The molecular weight excluding hydrogens is 452 g/mol. The molecule has 0 spiro atoms. The van der Waals surface area contributed by atoms with Crippen LogP contribution in [0.5, 0.6) is 0 Å². The average Bonchev–Trinajstić information content (AvgIpc) is 3.45. The maximum Gasteiger partial charge on any atom is 0.330 e. The number of aryl methyl sites for hydroxylation is 1. The normalized spacial score (nSPS) is 11.6. The summed E-state index contributed by atoms with van der Waals surface area (Å²) in [4.78, 5) is 47.6. The highest BCUT2D eigenvalue weighted by molar-refractivity contribution is 6.14. The zero-order valence-corrected chi connectivity index (χ0v) is 20.3. The van der Waals surface area contributed by atoms with Crippen molar-refractivity contribution in [3.8, 4) is 11.5 Å². The first-order chi connectivity index (χ1) is 16.6. The number of carbonyl (C=O) groups is 1. The second-order valence-electron chi connectivity index (χ2n) is 9.29. The van der Waals surface area contributed by atoms with Crippen molar-refractivity contribution in [1.82, 2.24) is 19.7 Å². The number of rotatable bonds is 7. The maximum atomic E-state index is 14.1. The Balaban J connectivity index is 1.95. The zero-order chi connectivity index (χ0) is 25.4. The van der Waals surface area contributed by atoms with Crippen LogP contribution in [0.2, 0.25) is 0 Å². The van der Waals surface area contributed by atoms with Crippen LogP contribution in [0.4, 0.5) is 11.5 Å². The topological polar surface area (TPSA) is 153 Å². The van der Waals surface area contributed by atoms with Crippen LogP contribution in [-0.4, -0.2) is 32.1 Å². The molecule has 0 aliphatic carbocycles. The number of nitrogens with zero attached hydrogens (tertiary/aromatic N) is 4. The Labute approximate surface area is 200 Å². The molecule has 0 aliphatic rings. The summed E-state index contributed by atoms with van der Waals surface area (Å²) in [5.74, 6) is -0.0718. The molecule has 0 unspecified atom stereocenters. The Morgan fingerprint density at radius 3 is 2.60 bits per heavy atom. The Bertz CT molecular complexity index is 1490. The number of nitrogens with one attached hydrogen (secondary N) is 1. The first-order valence-electron chi connectivity index (χ1n) is 11.3. The van der Waals surface area contributed by atoms with Gasteiger partial charge < -0.3 is 19.6 Å². The van der Waals surface area contributed by atoms with Gasteiger partial charge in [0.05, 0.1) is 22.9 Å². The second kappa shape index (κ2) is 9.24. The van der Waals surface area contributed by atoms with Crippen LogP contribution in [-0.2, 0) is 6.54 Å². The Morgan fingerprint density at radius 2 is 1.97 bits per heavy atom. The summed E-state index contributed by atoms with van der Waals surface area (Å²) in [5.41, 5.74) is 6.14. The lowest BCUT2D eigenvalue weighted by Crippen LogP contribution is -2.43. The summed E-state index contributed by atoms with van der Waals surface area (Å²) in [6.45, 7) is 9.83. The van der Waals surface area contributed by atoms with Gasteiger partial charge >= 0.3 is 5.69 Å². The van der Waals surface area contributed by atoms with Crippen LogP contribution in [0.15, 0.2) is 43.0 Å². The number of nitrogen functional groups attached to an aromatic ring is 1. The summed E-state index contributed by atoms with van der Waals surface area (Å²) in [7, 11) is 0. The third-order valence-electron chi connectivity index (χ3n) is 5.45. The number of furan rings is 1. The molecule has 0 atom stereocenters. The van der Waals surface area contributed by atoms with Gasteiger partial charge in [0, 0.05) is 13.1 Å². The van der Waals surface area contributed by atoms with E-state index in [1.165, 1.54) is 15.7 Å². The van der Waals surface area contributed by atoms with E-state index in [0.29, 0.717) is 22.5 Å². The number of anilines is 2. The van der Waals surface area contributed by atoms with E-state index in [9.17, 15) is 14.4 Å². The number of H-pyrrole nitrogens is 1. The summed E-state index contributed by atoms with van der Waals surface area (Å²) < 4.78 is 12.1. The van der Waals surface area contributed by atoms with E-state index in [1.807, 2.05) is 27.7 Å². The summed E-state index contributed by atoms with van der Waals surface area (Å²) in [6, 6.07) is 5.00. The van der Waals surface area contributed by atoms with Gasteiger partial charge in [0.2, 0.25) is 0 Å². The summed E-state index contributed by atoms with van der Waals surface area (Å²) in [5, 5.41) is 4.39. The van der Waals surface area contributed by atoms with Crippen molar-refractivity contribution >= 4 is 28.5 Å². The Morgan fingerprint density at radius 1 is 1.23 bits per heavy atom. The van der Waals surface area contributed by atoms with E-state index >= 15 is 0 Å². The predicted molar refractivity (Wildman–Crippen MR) is 131 cm³/mol. The molecule has 11 nitrogen and oxygen atoms in total. The smallest absolute Gasteiger partial charge is 0.330 e. The van der Waals surface area contributed by atoms with Crippen LogP contribution < -0.4 is 21.9 Å². The van der Waals surface area contributed by atoms with Gasteiger partial charge in [-0.15, -0.1) is 0 Å². The molecule has 0 aromatic carbocycles. The molecule has 0 radical (unpaired) electrons. The Hall–Kier alpha value is -4.15. The van der Waals surface area contributed by atoms with Gasteiger partial charge in [0.25, 0.3) is 17.2 Å². The van der Waals surface area contributed by atoms with Gasteiger partial charge in [0.15, 0.2) is 11.4 Å². The number of aromatic nitrogens is 4. The molecular formula is C24H28N6O5. The summed E-state index contributed by atoms with van der Waals surface area (Å²) >= 11 is 0. The number of aromatic amines is 1. The molecule has 0 saturated heterocycles. The molecule has 184 valence electrons. The van der Waals surface area contributed by atoms with E-state index in [4.69, 9.17) is 14.7 Å². The van der Waals surface area contributed by atoms with E-state index in [2.05, 4.69) is 15.1 Å². The fraction of sp³-hybridized carbons (Fsp3) is 0.375. The number of fused-ring (bicyclic) bond motifs is 1. The quantitative estimate of drug-likeness (QED) is 0.409. The molecule has 4 aromatic heterocycles. The first kappa shape index (κ1) is 24.0. The van der Waals surface area contributed by atoms with E-state index in [1.54, 1.807) is 25.1 Å². The third kappa shape index (κ3) is 4.48. The van der Waals surface area contributed by atoms with Crippen LogP contribution >= 0.6 is 0 Å². The van der Waals surface area contributed by atoms with Crippen molar-refractivity contribution in [1.29, 1.82) is 0 Å². The van der Waals surface area contributed by atoms with Gasteiger partial charge in [-0.25, -0.2) is 9.78 Å². The highest BCUT2D eigenvalue weighted by atomic mass is 16.5. The SMILES string of the molecule is Cc1noc2nc(-c3ccco3)cc(C(=O)N(CC(C)C)c3c(N)n(CC(C)C)c(=O)[nH]c3=O)c12. The first-order valence-corrected chi connectivity index (χ1v) is 11.3. The maximum absolute atomic E-state index is 14.1. The third-order valence-corrected chi connectivity index (χ3v) is 5.45. The Kier molecular flexibility index (Phi) is 6.33.